The molecule has 1 aliphatic heterocycles. The number of aromatic nitrogens is 5. The van der Waals surface area contributed by atoms with E-state index in [1.54, 1.807) is 17.3 Å². The molecule has 1 saturated carbocycles. The van der Waals surface area contributed by atoms with Crippen molar-refractivity contribution in [2.75, 3.05) is 11.6 Å². The molecule has 2 aliphatic rings. The minimum atomic E-state index is -0.148. The number of nitrogens with zero attached hydrogens (tertiary/aromatic N) is 6. The van der Waals surface area contributed by atoms with Gasteiger partial charge in [0.2, 0.25) is 0 Å². The smallest absolute Gasteiger partial charge is 0.264 e. The van der Waals surface area contributed by atoms with E-state index in [1.165, 1.54) is 22.2 Å². The lowest BCUT2D eigenvalue weighted by Crippen LogP contribution is -2.45. The van der Waals surface area contributed by atoms with Gasteiger partial charge < -0.3 is 10.3 Å². The highest BCUT2D eigenvalue weighted by Crippen LogP contribution is 2.39. The Kier molecular flexibility index (Phi) is 3.60. The second-order valence-corrected chi connectivity index (χ2v) is 9.06. The average molecular weight is 428 g/mol. The standard InChI is InChI=1S/C19H18ClN7OS/c1-25-7-22-18-13(19(25)28)16(10-3-4-11-17(14(10)20)29-8-23-11)24-27(18)26-6-9-2-5-12(26)15(9)21/h3-4,7-9,12,15H,2,5-6,21H2,1H3/t9-,12-,15-/m0/s1. The molecule has 4 aromatic rings. The van der Waals surface area contributed by atoms with E-state index in [0.29, 0.717) is 33.2 Å². The number of halogens is 1. The lowest BCUT2D eigenvalue weighted by molar-refractivity contribution is 0.446. The van der Waals surface area contributed by atoms with Crippen LogP contribution in [0.3, 0.4) is 0 Å². The third-order valence-corrected chi connectivity index (χ3v) is 7.66. The SMILES string of the molecule is Cn1cnc2c(c(-c3ccc4ncsc4c3Cl)nn2N2C[C@@H]3CC[C@H]2[C@H]3N)c1=O. The van der Waals surface area contributed by atoms with Gasteiger partial charge in [-0.05, 0) is 30.9 Å². The van der Waals surface area contributed by atoms with Crippen molar-refractivity contribution in [2.24, 2.45) is 18.7 Å². The second kappa shape index (κ2) is 6.01. The van der Waals surface area contributed by atoms with Crippen molar-refractivity contribution in [1.82, 2.24) is 24.4 Å². The molecule has 148 valence electrons. The van der Waals surface area contributed by atoms with Crippen molar-refractivity contribution in [1.29, 1.82) is 0 Å². The van der Waals surface area contributed by atoms with Crippen LogP contribution in [0.2, 0.25) is 5.02 Å². The molecule has 2 bridgehead atoms. The van der Waals surface area contributed by atoms with E-state index in [0.717, 1.165) is 29.6 Å². The van der Waals surface area contributed by atoms with Crippen LogP contribution in [0.25, 0.3) is 32.5 Å². The molecular weight excluding hydrogens is 410 g/mol. The molecule has 8 nitrogen and oxygen atoms in total. The molecule has 4 heterocycles. The van der Waals surface area contributed by atoms with Gasteiger partial charge in [0.05, 0.1) is 33.1 Å². The summed E-state index contributed by atoms with van der Waals surface area (Å²) >= 11 is 8.20. The molecule has 29 heavy (non-hydrogen) atoms. The summed E-state index contributed by atoms with van der Waals surface area (Å²) in [6.07, 6.45) is 3.70. The van der Waals surface area contributed by atoms with Crippen LogP contribution in [-0.2, 0) is 7.05 Å². The number of aryl methyl sites for hydroxylation is 1. The lowest BCUT2D eigenvalue weighted by Gasteiger charge is -2.28. The predicted molar refractivity (Wildman–Crippen MR) is 114 cm³/mol. The van der Waals surface area contributed by atoms with Crippen molar-refractivity contribution in [2.45, 2.75) is 24.9 Å². The molecular formula is C19H18ClN7OS. The van der Waals surface area contributed by atoms with E-state index < -0.39 is 0 Å². The van der Waals surface area contributed by atoms with Gasteiger partial charge in [0.1, 0.15) is 11.1 Å². The molecule has 0 amide bonds. The number of hydrogen-bond donors (Lipinski definition) is 1. The van der Waals surface area contributed by atoms with E-state index in [1.807, 2.05) is 12.1 Å². The maximum Gasteiger partial charge on any atom is 0.264 e. The van der Waals surface area contributed by atoms with Gasteiger partial charge >= 0.3 is 0 Å². The summed E-state index contributed by atoms with van der Waals surface area (Å²) in [7, 11) is 1.69. The first-order valence-corrected chi connectivity index (χ1v) is 10.8. The lowest BCUT2D eigenvalue weighted by atomic mass is 10.1. The van der Waals surface area contributed by atoms with E-state index >= 15 is 0 Å². The van der Waals surface area contributed by atoms with Crippen LogP contribution in [0, 0.1) is 5.92 Å². The summed E-state index contributed by atoms with van der Waals surface area (Å²) in [5, 5.41) is 8.05. The largest absolute Gasteiger partial charge is 0.326 e. The maximum absolute atomic E-state index is 13.1. The molecule has 2 N–H and O–H groups in total. The molecule has 0 spiro atoms. The summed E-state index contributed by atoms with van der Waals surface area (Å²) in [6, 6.07) is 4.12. The maximum atomic E-state index is 13.1. The minimum absolute atomic E-state index is 0.126. The first-order valence-electron chi connectivity index (χ1n) is 9.53. The van der Waals surface area contributed by atoms with E-state index in [4.69, 9.17) is 22.4 Å². The van der Waals surface area contributed by atoms with Gasteiger partial charge in [-0.25, -0.2) is 9.97 Å². The first-order chi connectivity index (χ1) is 14.0. The van der Waals surface area contributed by atoms with Crippen LogP contribution >= 0.6 is 22.9 Å². The summed E-state index contributed by atoms with van der Waals surface area (Å²) in [6.45, 7) is 0.820. The summed E-state index contributed by atoms with van der Waals surface area (Å²) in [5.41, 5.74) is 10.7. The summed E-state index contributed by atoms with van der Waals surface area (Å²) in [4.78, 5) is 23.7. The average Bonchev–Trinajstić information content (AvgIpc) is 3.48. The topological polar surface area (TPSA) is 94.9 Å². The Balaban J connectivity index is 1.63. The Hall–Kier alpha value is -2.49. The van der Waals surface area contributed by atoms with E-state index in [2.05, 4.69) is 15.0 Å². The molecule has 0 unspecified atom stereocenters. The quantitative estimate of drug-likeness (QED) is 0.526. The van der Waals surface area contributed by atoms with Gasteiger partial charge in [-0.2, -0.15) is 4.79 Å². The van der Waals surface area contributed by atoms with Gasteiger partial charge in [0.15, 0.2) is 5.65 Å². The van der Waals surface area contributed by atoms with Crippen LogP contribution in [0.15, 0.2) is 28.8 Å². The molecule has 6 rings (SSSR count). The Bertz CT molecular complexity index is 1340. The number of hydrogen-bond acceptors (Lipinski definition) is 7. The van der Waals surface area contributed by atoms with Crippen molar-refractivity contribution >= 4 is 44.2 Å². The molecule has 1 saturated heterocycles. The van der Waals surface area contributed by atoms with Gasteiger partial charge in [-0.3, -0.25) is 9.80 Å². The molecule has 0 radical (unpaired) electrons. The van der Waals surface area contributed by atoms with Gasteiger partial charge in [-0.1, -0.05) is 11.6 Å². The zero-order valence-electron chi connectivity index (χ0n) is 15.6. The normalized spacial score (nSPS) is 23.7. The second-order valence-electron chi connectivity index (χ2n) is 7.83. The van der Waals surface area contributed by atoms with E-state index in [-0.39, 0.29) is 17.6 Å². The highest BCUT2D eigenvalue weighted by molar-refractivity contribution is 7.17. The number of fused-ring (bicyclic) bond motifs is 4. The van der Waals surface area contributed by atoms with Gasteiger partial charge in [0, 0.05) is 25.2 Å². The fourth-order valence-electron chi connectivity index (χ4n) is 4.77. The summed E-state index contributed by atoms with van der Waals surface area (Å²) in [5.74, 6) is 0.450. The number of piperidine rings is 1. The van der Waals surface area contributed by atoms with Crippen LogP contribution in [0.5, 0.6) is 0 Å². The van der Waals surface area contributed by atoms with Gasteiger partial charge in [-0.15, -0.1) is 16.4 Å². The predicted octanol–water partition coefficient (Wildman–Crippen LogP) is 2.12. The van der Waals surface area contributed by atoms with Crippen LogP contribution in [0.1, 0.15) is 12.8 Å². The molecule has 3 atom stereocenters. The molecule has 1 aliphatic carbocycles. The van der Waals surface area contributed by atoms with Crippen LogP contribution < -0.4 is 16.3 Å². The van der Waals surface area contributed by atoms with Crippen molar-refractivity contribution < 1.29 is 0 Å². The molecule has 10 heteroatoms. The Morgan fingerprint density at radius 1 is 1.28 bits per heavy atom. The Labute approximate surface area is 174 Å². The number of benzene rings is 1. The Morgan fingerprint density at radius 3 is 2.90 bits per heavy atom. The Morgan fingerprint density at radius 2 is 2.14 bits per heavy atom. The van der Waals surface area contributed by atoms with Crippen molar-refractivity contribution in [3.8, 4) is 11.3 Å². The fourth-order valence-corrected chi connectivity index (χ4v) is 5.87. The zero-order chi connectivity index (χ0) is 19.9. The fraction of sp³-hybridized carbons (Fsp3) is 0.368. The molecule has 2 fully saturated rings. The van der Waals surface area contributed by atoms with Crippen molar-refractivity contribution in [3.63, 3.8) is 0 Å². The number of nitrogens with two attached hydrogens (primary N) is 1. The third-order valence-electron chi connectivity index (χ3n) is 6.30. The third kappa shape index (κ3) is 2.29. The number of rotatable bonds is 2. The monoisotopic (exact) mass is 427 g/mol. The summed E-state index contributed by atoms with van der Waals surface area (Å²) < 4.78 is 2.36. The van der Waals surface area contributed by atoms with E-state index in [9.17, 15) is 4.79 Å². The van der Waals surface area contributed by atoms with Crippen LogP contribution in [-0.4, -0.2) is 43.1 Å². The molecule has 1 aromatic carbocycles. The highest BCUT2D eigenvalue weighted by atomic mass is 35.5. The van der Waals surface area contributed by atoms with Crippen molar-refractivity contribution in [3.05, 3.63) is 39.3 Å². The highest BCUT2D eigenvalue weighted by Gasteiger charge is 2.46. The minimum Gasteiger partial charge on any atom is -0.326 e. The van der Waals surface area contributed by atoms with Crippen LogP contribution in [0.4, 0.5) is 0 Å². The zero-order valence-corrected chi connectivity index (χ0v) is 17.2. The molecule has 3 aromatic heterocycles. The number of thiazole rings is 1. The first kappa shape index (κ1) is 17.4. The van der Waals surface area contributed by atoms with Gasteiger partial charge in [0.25, 0.3) is 5.56 Å².